The number of nitrogens with zero attached hydrogens (tertiary/aromatic N) is 3. The topological polar surface area (TPSA) is 56.7 Å². The molecule has 0 aliphatic heterocycles. The molecule has 2 fully saturated rings. The van der Waals surface area contributed by atoms with Gasteiger partial charge in [0, 0.05) is 12.7 Å². The largest absolute Gasteiger partial charge is 0.399 e. The third kappa shape index (κ3) is 1.46. The van der Waals surface area contributed by atoms with E-state index in [1.807, 2.05) is 19.2 Å². The molecule has 1 heterocycles. The lowest BCUT2D eigenvalue weighted by molar-refractivity contribution is 0.145. The van der Waals surface area contributed by atoms with Gasteiger partial charge in [0.1, 0.15) is 12.2 Å². The lowest BCUT2D eigenvalue weighted by Gasteiger charge is -2.48. The van der Waals surface area contributed by atoms with Gasteiger partial charge >= 0.3 is 0 Å². The fraction of sp³-hybridized carbons (Fsp3) is 0.467. The van der Waals surface area contributed by atoms with Crippen molar-refractivity contribution in [3.8, 4) is 0 Å². The first kappa shape index (κ1) is 11.0. The first-order valence-corrected chi connectivity index (χ1v) is 6.84. The second-order valence-electron chi connectivity index (χ2n) is 6.33. The Kier molecular flexibility index (Phi) is 1.96. The van der Waals surface area contributed by atoms with Crippen molar-refractivity contribution in [1.29, 1.82) is 0 Å². The van der Waals surface area contributed by atoms with Gasteiger partial charge in [-0.3, -0.25) is 0 Å². The van der Waals surface area contributed by atoms with Crippen LogP contribution in [-0.4, -0.2) is 14.8 Å². The summed E-state index contributed by atoms with van der Waals surface area (Å²) in [5.74, 6) is 1.08. The van der Waals surface area contributed by atoms with Crippen molar-refractivity contribution in [2.75, 3.05) is 5.73 Å². The van der Waals surface area contributed by atoms with Crippen molar-refractivity contribution in [2.45, 2.75) is 31.1 Å². The predicted molar refractivity (Wildman–Crippen MR) is 73.5 cm³/mol. The number of benzene rings is 1. The Morgan fingerprint density at radius 3 is 2.63 bits per heavy atom. The van der Waals surface area contributed by atoms with Crippen LogP contribution in [0, 0.1) is 5.41 Å². The Bertz CT molecular complexity index is 631. The van der Waals surface area contributed by atoms with E-state index in [0.29, 0.717) is 5.41 Å². The SMILES string of the molecule is Cn1cnnc1C1(c2cccc(N)c2)CC2(CC2)C1. The van der Waals surface area contributed by atoms with E-state index in [9.17, 15) is 0 Å². The lowest BCUT2D eigenvalue weighted by Crippen LogP contribution is -2.45. The van der Waals surface area contributed by atoms with Crippen LogP contribution >= 0.6 is 0 Å². The Labute approximate surface area is 112 Å². The molecular weight excluding hydrogens is 236 g/mol. The molecule has 1 spiro atoms. The molecule has 2 aromatic rings. The van der Waals surface area contributed by atoms with Crippen LogP contribution in [0.1, 0.15) is 37.1 Å². The van der Waals surface area contributed by atoms with E-state index in [-0.39, 0.29) is 5.41 Å². The summed E-state index contributed by atoms with van der Waals surface area (Å²) in [5.41, 5.74) is 8.71. The molecule has 1 aromatic carbocycles. The molecular formula is C15H18N4. The van der Waals surface area contributed by atoms with Gasteiger partial charge in [0.2, 0.25) is 0 Å². The summed E-state index contributed by atoms with van der Waals surface area (Å²) in [6.45, 7) is 0. The highest BCUT2D eigenvalue weighted by molar-refractivity contribution is 5.48. The van der Waals surface area contributed by atoms with E-state index < -0.39 is 0 Å². The molecule has 0 radical (unpaired) electrons. The number of rotatable bonds is 2. The lowest BCUT2D eigenvalue weighted by atomic mass is 9.56. The van der Waals surface area contributed by atoms with Crippen LogP contribution in [-0.2, 0) is 12.5 Å². The third-order valence-corrected chi connectivity index (χ3v) is 4.89. The van der Waals surface area contributed by atoms with Crippen molar-refractivity contribution in [3.05, 3.63) is 42.0 Å². The highest BCUT2D eigenvalue weighted by atomic mass is 15.3. The average Bonchev–Trinajstić information content (AvgIpc) is 3.03. The number of aryl methyl sites for hydroxylation is 1. The van der Waals surface area contributed by atoms with Crippen LogP contribution in [0.15, 0.2) is 30.6 Å². The smallest absolute Gasteiger partial charge is 0.143 e. The van der Waals surface area contributed by atoms with Crippen molar-refractivity contribution >= 4 is 5.69 Å². The van der Waals surface area contributed by atoms with E-state index in [0.717, 1.165) is 11.5 Å². The van der Waals surface area contributed by atoms with E-state index >= 15 is 0 Å². The third-order valence-electron chi connectivity index (χ3n) is 4.89. The Morgan fingerprint density at radius 1 is 1.26 bits per heavy atom. The van der Waals surface area contributed by atoms with Gasteiger partial charge in [-0.15, -0.1) is 10.2 Å². The van der Waals surface area contributed by atoms with Crippen LogP contribution in [0.5, 0.6) is 0 Å². The summed E-state index contributed by atoms with van der Waals surface area (Å²) in [7, 11) is 2.03. The molecule has 2 aliphatic rings. The van der Waals surface area contributed by atoms with Crippen LogP contribution in [0.2, 0.25) is 0 Å². The Hall–Kier alpha value is -1.84. The molecule has 2 N–H and O–H groups in total. The molecule has 4 nitrogen and oxygen atoms in total. The van der Waals surface area contributed by atoms with E-state index in [1.165, 1.54) is 31.2 Å². The molecule has 2 aliphatic carbocycles. The maximum absolute atomic E-state index is 5.97. The van der Waals surface area contributed by atoms with Crippen LogP contribution in [0.3, 0.4) is 0 Å². The number of hydrogen-bond donors (Lipinski definition) is 1. The molecule has 19 heavy (non-hydrogen) atoms. The Balaban J connectivity index is 1.84. The fourth-order valence-electron chi connectivity index (χ4n) is 3.80. The highest BCUT2D eigenvalue weighted by Crippen LogP contribution is 2.70. The minimum Gasteiger partial charge on any atom is -0.399 e. The van der Waals surface area contributed by atoms with Gasteiger partial charge in [-0.05, 0) is 48.8 Å². The van der Waals surface area contributed by atoms with Crippen molar-refractivity contribution in [1.82, 2.24) is 14.8 Å². The van der Waals surface area contributed by atoms with Gasteiger partial charge in [0.25, 0.3) is 0 Å². The summed E-state index contributed by atoms with van der Waals surface area (Å²) in [6, 6.07) is 8.27. The summed E-state index contributed by atoms with van der Waals surface area (Å²) in [4.78, 5) is 0. The maximum atomic E-state index is 5.97. The summed E-state index contributed by atoms with van der Waals surface area (Å²) in [5, 5.41) is 8.45. The first-order valence-electron chi connectivity index (χ1n) is 6.84. The second kappa shape index (κ2) is 3.38. The Morgan fingerprint density at radius 2 is 2.05 bits per heavy atom. The maximum Gasteiger partial charge on any atom is 0.143 e. The van der Waals surface area contributed by atoms with Crippen LogP contribution in [0.25, 0.3) is 0 Å². The minimum absolute atomic E-state index is 0.0249. The zero-order chi connectivity index (χ0) is 13.1. The quantitative estimate of drug-likeness (QED) is 0.836. The number of hydrogen-bond acceptors (Lipinski definition) is 3. The predicted octanol–water partition coefficient (Wildman–Crippen LogP) is 2.26. The minimum atomic E-state index is 0.0249. The van der Waals surface area contributed by atoms with Crippen molar-refractivity contribution in [3.63, 3.8) is 0 Å². The number of anilines is 1. The van der Waals surface area contributed by atoms with E-state index in [2.05, 4.69) is 26.9 Å². The van der Waals surface area contributed by atoms with Crippen LogP contribution < -0.4 is 5.73 Å². The van der Waals surface area contributed by atoms with Gasteiger partial charge in [0.05, 0.1) is 5.41 Å². The van der Waals surface area contributed by atoms with E-state index in [4.69, 9.17) is 5.73 Å². The average molecular weight is 254 g/mol. The summed E-state index contributed by atoms with van der Waals surface area (Å²) < 4.78 is 2.05. The molecule has 0 saturated heterocycles. The van der Waals surface area contributed by atoms with Gasteiger partial charge in [-0.25, -0.2) is 0 Å². The van der Waals surface area contributed by atoms with Gasteiger partial charge in [-0.2, -0.15) is 0 Å². The monoisotopic (exact) mass is 254 g/mol. The van der Waals surface area contributed by atoms with Crippen molar-refractivity contribution < 1.29 is 0 Å². The molecule has 4 heteroatoms. The van der Waals surface area contributed by atoms with E-state index in [1.54, 1.807) is 6.33 Å². The highest BCUT2D eigenvalue weighted by Gasteiger charge is 2.63. The summed E-state index contributed by atoms with van der Waals surface area (Å²) in [6.07, 6.45) is 6.91. The van der Waals surface area contributed by atoms with Gasteiger partial charge in [0.15, 0.2) is 0 Å². The first-order chi connectivity index (χ1) is 9.14. The standard InChI is InChI=1S/C15H18N4/c1-19-10-17-18-13(19)15(8-14(9-15)5-6-14)11-3-2-4-12(16)7-11/h2-4,7,10H,5-6,8-9,16H2,1H3. The fourth-order valence-corrected chi connectivity index (χ4v) is 3.80. The number of nitrogens with two attached hydrogens (primary N) is 1. The van der Waals surface area contributed by atoms with Crippen molar-refractivity contribution in [2.24, 2.45) is 12.5 Å². The molecule has 0 unspecified atom stereocenters. The molecule has 0 atom stereocenters. The molecule has 98 valence electrons. The van der Waals surface area contributed by atoms with Gasteiger partial charge in [-0.1, -0.05) is 12.1 Å². The number of aromatic nitrogens is 3. The molecule has 4 rings (SSSR count). The molecule has 0 bridgehead atoms. The van der Waals surface area contributed by atoms with Crippen LogP contribution in [0.4, 0.5) is 5.69 Å². The second-order valence-corrected chi connectivity index (χ2v) is 6.33. The summed E-state index contributed by atoms with van der Waals surface area (Å²) >= 11 is 0. The zero-order valence-electron chi connectivity index (χ0n) is 11.1. The molecule has 0 amide bonds. The zero-order valence-corrected chi connectivity index (χ0v) is 11.1. The normalized spacial score (nSPS) is 22.2. The molecule has 1 aromatic heterocycles. The molecule has 2 saturated carbocycles. The number of nitrogen functional groups attached to an aromatic ring is 1. The van der Waals surface area contributed by atoms with Gasteiger partial charge < -0.3 is 10.3 Å².